The third-order valence-electron chi connectivity index (χ3n) is 5.59. The predicted octanol–water partition coefficient (Wildman–Crippen LogP) is 4.27. The van der Waals surface area contributed by atoms with Crippen LogP contribution in [0.15, 0.2) is 53.3 Å². The number of ether oxygens (including phenoxy) is 1. The van der Waals surface area contributed by atoms with Gasteiger partial charge in [0, 0.05) is 23.6 Å². The van der Waals surface area contributed by atoms with Crippen LogP contribution in [0.3, 0.4) is 0 Å². The van der Waals surface area contributed by atoms with Crippen molar-refractivity contribution in [2.24, 2.45) is 5.92 Å². The summed E-state index contributed by atoms with van der Waals surface area (Å²) in [6.45, 7) is 6.44. The van der Waals surface area contributed by atoms with Crippen LogP contribution in [0.2, 0.25) is 0 Å². The van der Waals surface area contributed by atoms with Gasteiger partial charge in [0.15, 0.2) is 11.5 Å². The molecule has 0 unspecified atom stereocenters. The first-order chi connectivity index (χ1) is 13.5. The molecule has 1 aliphatic heterocycles. The van der Waals surface area contributed by atoms with E-state index in [1.165, 1.54) is 0 Å². The lowest BCUT2D eigenvalue weighted by molar-refractivity contribution is 0.0834. The Bertz CT molecular complexity index is 869. The number of rotatable bonds is 6. The Kier molecular flexibility index (Phi) is 6.63. The molecule has 0 radical (unpaired) electrons. The molecule has 0 spiro atoms. The summed E-state index contributed by atoms with van der Waals surface area (Å²) in [5, 5.41) is 0. The fourth-order valence-electron chi connectivity index (χ4n) is 3.76. The summed E-state index contributed by atoms with van der Waals surface area (Å²) in [7, 11) is 1.55. The highest BCUT2D eigenvalue weighted by molar-refractivity contribution is 5.97. The molecule has 4 heteroatoms. The Labute approximate surface area is 167 Å². The van der Waals surface area contributed by atoms with Crippen molar-refractivity contribution < 1.29 is 9.53 Å². The minimum absolute atomic E-state index is 0.0446. The van der Waals surface area contributed by atoms with E-state index >= 15 is 0 Å². The van der Waals surface area contributed by atoms with E-state index in [0.29, 0.717) is 18.2 Å². The molecular formula is C24H29NO3. The summed E-state index contributed by atoms with van der Waals surface area (Å²) < 4.78 is 5.35. The lowest BCUT2D eigenvalue weighted by Crippen LogP contribution is -2.36. The Morgan fingerprint density at radius 1 is 1.11 bits per heavy atom. The van der Waals surface area contributed by atoms with Crippen LogP contribution in [0.25, 0.3) is 0 Å². The predicted molar refractivity (Wildman–Crippen MR) is 112 cm³/mol. The molecule has 0 aromatic heterocycles. The van der Waals surface area contributed by atoms with Crippen molar-refractivity contribution in [2.75, 3.05) is 20.2 Å². The number of benzene rings is 1. The van der Waals surface area contributed by atoms with Gasteiger partial charge in [0.25, 0.3) is 0 Å². The average Bonchev–Trinajstić information content (AvgIpc) is 2.88. The van der Waals surface area contributed by atoms with Gasteiger partial charge in [0.2, 0.25) is 5.43 Å². The van der Waals surface area contributed by atoms with Gasteiger partial charge in [-0.2, -0.15) is 0 Å². The molecule has 1 aliphatic rings. The topological polar surface area (TPSA) is 46.6 Å². The van der Waals surface area contributed by atoms with Gasteiger partial charge in [0.05, 0.1) is 7.11 Å². The van der Waals surface area contributed by atoms with Crippen LogP contribution in [-0.2, 0) is 6.54 Å². The summed E-state index contributed by atoms with van der Waals surface area (Å²) in [5.41, 5.74) is 2.59. The van der Waals surface area contributed by atoms with E-state index in [0.717, 1.165) is 42.6 Å². The van der Waals surface area contributed by atoms with Gasteiger partial charge in [-0.3, -0.25) is 14.5 Å². The number of carbonyl (C=O) groups excluding carboxylic acids is 1. The number of nitrogens with zero attached hydrogens (tertiary/aromatic N) is 1. The standard InChI is InChI=1S/C24H29NO3/c1-17(2)20-9-10-21(24(27)22(15-20)28-3)16-25-13-11-19(12-14-25)23(26)18-7-5-4-6-8-18/h4-10,15,17,19H,11-14,16H2,1-3H3. The number of hydrogen-bond acceptors (Lipinski definition) is 4. The van der Waals surface area contributed by atoms with Gasteiger partial charge >= 0.3 is 0 Å². The highest BCUT2D eigenvalue weighted by Gasteiger charge is 2.26. The normalized spacial score (nSPS) is 15.6. The van der Waals surface area contributed by atoms with Gasteiger partial charge in [-0.15, -0.1) is 0 Å². The number of Topliss-reactive ketones (excluding diaryl/α,β-unsaturated/α-hetero) is 1. The molecule has 0 atom stereocenters. The Balaban J connectivity index is 1.69. The zero-order valence-corrected chi connectivity index (χ0v) is 17.0. The highest BCUT2D eigenvalue weighted by atomic mass is 16.5. The zero-order valence-electron chi connectivity index (χ0n) is 17.0. The molecule has 0 amide bonds. The van der Waals surface area contributed by atoms with Crippen molar-refractivity contribution in [3.05, 3.63) is 75.4 Å². The minimum Gasteiger partial charge on any atom is -0.493 e. The van der Waals surface area contributed by atoms with E-state index in [1.807, 2.05) is 48.5 Å². The van der Waals surface area contributed by atoms with Crippen LogP contribution in [0.1, 0.15) is 54.1 Å². The summed E-state index contributed by atoms with van der Waals surface area (Å²) >= 11 is 0. The Hall–Kier alpha value is -2.46. The first-order valence-corrected chi connectivity index (χ1v) is 10.0. The van der Waals surface area contributed by atoms with Gasteiger partial charge in [0.1, 0.15) is 0 Å². The minimum atomic E-state index is -0.0446. The molecule has 1 saturated heterocycles. The molecule has 1 heterocycles. The number of carbonyl (C=O) groups is 1. The molecule has 148 valence electrons. The average molecular weight is 380 g/mol. The third kappa shape index (κ3) is 4.68. The van der Waals surface area contributed by atoms with Crippen molar-refractivity contribution in [2.45, 2.75) is 39.2 Å². The van der Waals surface area contributed by atoms with Crippen molar-refractivity contribution in [1.82, 2.24) is 4.90 Å². The van der Waals surface area contributed by atoms with Gasteiger partial charge < -0.3 is 4.74 Å². The number of ketones is 1. The molecule has 4 nitrogen and oxygen atoms in total. The van der Waals surface area contributed by atoms with Gasteiger partial charge in [-0.05, 0) is 43.5 Å². The first kappa shape index (κ1) is 20.3. The van der Waals surface area contributed by atoms with Crippen LogP contribution >= 0.6 is 0 Å². The van der Waals surface area contributed by atoms with Crippen molar-refractivity contribution >= 4 is 5.78 Å². The van der Waals surface area contributed by atoms with Crippen LogP contribution in [0.5, 0.6) is 5.75 Å². The van der Waals surface area contributed by atoms with E-state index in [-0.39, 0.29) is 17.1 Å². The fourth-order valence-corrected chi connectivity index (χ4v) is 3.76. The van der Waals surface area contributed by atoms with E-state index in [9.17, 15) is 9.59 Å². The van der Waals surface area contributed by atoms with Crippen molar-refractivity contribution in [3.63, 3.8) is 0 Å². The molecule has 0 aliphatic carbocycles. The molecule has 0 saturated carbocycles. The van der Waals surface area contributed by atoms with Crippen LogP contribution in [0, 0.1) is 5.92 Å². The number of piperidine rings is 1. The van der Waals surface area contributed by atoms with E-state index in [1.54, 1.807) is 7.11 Å². The summed E-state index contributed by atoms with van der Waals surface area (Å²) in [5.74, 6) is 1.03. The summed E-state index contributed by atoms with van der Waals surface area (Å²) in [6, 6.07) is 15.3. The Morgan fingerprint density at radius 2 is 1.79 bits per heavy atom. The molecule has 0 N–H and O–H groups in total. The molecule has 2 aromatic carbocycles. The van der Waals surface area contributed by atoms with Crippen molar-refractivity contribution in [1.29, 1.82) is 0 Å². The van der Waals surface area contributed by atoms with Crippen molar-refractivity contribution in [3.8, 4) is 5.75 Å². The fraction of sp³-hybridized carbons (Fsp3) is 0.417. The summed E-state index contributed by atoms with van der Waals surface area (Å²) in [6.07, 6.45) is 1.66. The SMILES string of the molecule is COc1cc(C(C)C)ccc(CN2CCC(C(=O)c3ccccc3)CC2)c1=O. The molecule has 3 rings (SSSR count). The number of methoxy groups -OCH3 is 1. The van der Waals surface area contributed by atoms with E-state index in [2.05, 4.69) is 18.7 Å². The second-order valence-electron chi connectivity index (χ2n) is 7.84. The lowest BCUT2D eigenvalue weighted by atomic mass is 9.89. The summed E-state index contributed by atoms with van der Waals surface area (Å²) in [4.78, 5) is 27.7. The molecule has 0 bridgehead atoms. The highest BCUT2D eigenvalue weighted by Crippen LogP contribution is 2.23. The van der Waals surface area contributed by atoms with Crippen LogP contribution in [-0.4, -0.2) is 30.9 Å². The smallest absolute Gasteiger partial charge is 0.224 e. The molecule has 1 fully saturated rings. The number of likely N-dealkylation sites (tertiary alicyclic amines) is 1. The maximum atomic E-state index is 12.8. The Morgan fingerprint density at radius 3 is 2.39 bits per heavy atom. The largest absolute Gasteiger partial charge is 0.493 e. The van der Waals surface area contributed by atoms with E-state index < -0.39 is 0 Å². The molecule has 28 heavy (non-hydrogen) atoms. The first-order valence-electron chi connectivity index (χ1n) is 10.0. The second-order valence-corrected chi connectivity index (χ2v) is 7.84. The zero-order chi connectivity index (χ0) is 20.1. The van der Waals surface area contributed by atoms with E-state index in [4.69, 9.17) is 4.74 Å². The quantitative estimate of drug-likeness (QED) is 0.703. The van der Waals surface area contributed by atoms with Gasteiger partial charge in [-0.1, -0.05) is 56.3 Å². The van der Waals surface area contributed by atoms with Gasteiger partial charge in [-0.25, -0.2) is 0 Å². The number of hydrogen-bond donors (Lipinski definition) is 0. The monoisotopic (exact) mass is 379 g/mol. The molecular weight excluding hydrogens is 350 g/mol. The lowest BCUT2D eigenvalue weighted by Gasteiger charge is -2.31. The molecule has 2 aromatic rings. The van der Waals surface area contributed by atoms with Crippen LogP contribution in [0.4, 0.5) is 0 Å². The maximum absolute atomic E-state index is 12.8. The van der Waals surface area contributed by atoms with Crippen LogP contribution < -0.4 is 10.2 Å². The maximum Gasteiger partial charge on any atom is 0.224 e. The third-order valence-corrected chi connectivity index (χ3v) is 5.59. The second kappa shape index (κ2) is 9.16.